The molecule has 166 valence electrons. The Morgan fingerprint density at radius 3 is 2.97 bits per heavy atom. The highest BCUT2D eigenvalue weighted by Crippen LogP contribution is 2.32. The molecule has 1 aromatic carbocycles. The molecule has 32 heavy (non-hydrogen) atoms. The fourth-order valence-electron chi connectivity index (χ4n) is 3.05. The lowest BCUT2D eigenvalue weighted by molar-refractivity contribution is 0.0948. The number of thioether (sulfide) groups is 1. The van der Waals surface area contributed by atoms with Crippen molar-refractivity contribution in [1.29, 1.82) is 0 Å². The third-order valence-electron chi connectivity index (χ3n) is 4.71. The number of benzene rings is 1. The van der Waals surface area contributed by atoms with Gasteiger partial charge in [0.2, 0.25) is 5.82 Å². The van der Waals surface area contributed by atoms with Crippen molar-refractivity contribution in [3.05, 3.63) is 63.3 Å². The Bertz CT molecular complexity index is 1200. The summed E-state index contributed by atoms with van der Waals surface area (Å²) in [7, 11) is 0. The predicted molar refractivity (Wildman–Crippen MR) is 128 cm³/mol. The molecule has 0 radical (unpaired) electrons. The fraction of sp³-hybridized carbons (Fsp3) is 0.273. The normalized spacial score (nSPS) is 11.1. The molecule has 0 atom stereocenters. The SMILES string of the molecule is CCCCNC(=O)c1csc(CSc2nnc(-c3ccco3)n2-c2cc(Cl)ccc2C)n1. The van der Waals surface area contributed by atoms with Crippen LogP contribution in [0.25, 0.3) is 17.3 Å². The van der Waals surface area contributed by atoms with E-state index in [0.29, 0.717) is 39.8 Å². The van der Waals surface area contributed by atoms with Crippen LogP contribution in [0.5, 0.6) is 0 Å². The molecule has 0 bridgehead atoms. The first-order chi connectivity index (χ1) is 15.6. The fourth-order valence-corrected chi connectivity index (χ4v) is 4.95. The monoisotopic (exact) mass is 487 g/mol. The number of carbonyl (C=O) groups excluding carboxylic acids is 1. The number of thiazole rings is 1. The molecule has 4 rings (SSSR count). The van der Waals surface area contributed by atoms with E-state index in [0.717, 1.165) is 29.1 Å². The summed E-state index contributed by atoms with van der Waals surface area (Å²) in [6, 6.07) is 9.36. The number of unbranched alkanes of at least 4 members (excludes halogenated alkanes) is 1. The lowest BCUT2D eigenvalue weighted by atomic mass is 10.2. The molecule has 0 saturated heterocycles. The van der Waals surface area contributed by atoms with Crippen molar-refractivity contribution < 1.29 is 9.21 Å². The summed E-state index contributed by atoms with van der Waals surface area (Å²) in [5, 5.41) is 15.6. The van der Waals surface area contributed by atoms with E-state index in [1.807, 2.05) is 41.8 Å². The van der Waals surface area contributed by atoms with Gasteiger partial charge in [-0.05, 0) is 43.2 Å². The quantitative estimate of drug-likeness (QED) is 0.238. The Balaban J connectivity index is 1.57. The Labute approximate surface area is 199 Å². The van der Waals surface area contributed by atoms with Crippen molar-refractivity contribution in [3.63, 3.8) is 0 Å². The van der Waals surface area contributed by atoms with Gasteiger partial charge in [0.1, 0.15) is 10.7 Å². The summed E-state index contributed by atoms with van der Waals surface area (Å²) in [6.45, 7) is 4.76. The van der Waals surface area contributed by atoms with E-state index in [-0.39, 0.29) is 5.91 Å². The number of aryl methyl sites for hydroxylation is 1. The van der Waals surface area contributed by atoms with Crippen LogP contribution in [0.3, 0.4) is 0 Å². The van der Waals surface area contributed by atoms with Gasteiger partial charge in [-0.1, -0.05) is 42.8 Å². The number of hydrogen-bond acceptors (Lipinski definition) is 7. The number of amides is 1. The maximum absolute atomic E-state index is 12.2. The van der Waals surface area contributed by atoms with Gasteiger partial charge in [0.05, 0.1) is 17.7 Å². The number of carbonyl (C=O) groups is 1. The minimum atomic E-state index is -0.135. The van der Waals surface area contributed by atoms with Gasteiger partial charge in [0, 0.05) is 16.9 Å². The number of hydrogen-bond donors (Lipinski definition) is 1. The van der Waals surface area contributed by atoms with E-state index >= 15 is 0 Å². The zero-order chi connectivity index (χ0) is 22.5. The Morgan fingerprint density at radius 2 is 2.19 bits per heavy atom. The van der Waals surface area contributed by atoms with Crippen LogP contribution in [-0.4, -0.2) is 32.2 Å². The number of halogens is 1. The highest BCUT2D eigenvalue weighted by atomic mass is 35.5. The Hall–Kier alpha value is -2.62. The van der Waals surface area contributed by atoms with Crippen molar-refractivity contribution >= 4 is 40.6 Å². The zero-order valence-electron chi connectivity index (χ0n) is 17.7. The van der Waals surface area contributed by atoms with Crippen LogP contribution in [0.1, 0.15) is 40.8 Å². The summed E-state index contributed by atoms with van der Waals surface area (Å²) in [6.07, 6.45) is 3.59. The second kappa shape index (κ2) is 10.3. The van der Waals surface area contributed by atoms with Crippen molar-refractivity contribution in [3.8, 4) is 17.3 Å². The number of aromatic nitrogens is 4. The van der Waals surface area contributed by atoms with E-state index in [9.17, 15) is 4.79 Å². The van der Waals surface area contributed by atoms with E-state index < -0.39 is 0 Å². The van der Waals surface area contributed by atoms with Crippen LogP contribution in [0.2, 0.25) is 5.02 Å². The maximum Gasteiger partial charge on any atom is 0.270 e. The molecule has 0 fully saturated rings. The lowest BCUT2D eigenvalue weighted by Crippen LogP contribution is -2.24. The topological polar surface area (TPSA) is 85.8 Å². The van der Waals surface area contributed by atoms with Crippen LogP contribution < -0.4 is 5.32 Å². The third-order valence-corrected chi connectivity index (χ3v) is 6.92. The van der Waals surface area contributed by atoms with Crippen LogP contribution in [0, 0.1) is 6.92 Å². The van der Waals surface area contributed by atoms with Gasteiger partial charge in [0.25, 0.3) is 5.91 Å². The largest absolute Gasteiger partial charge is 0.461 e. The molecule has 0 aliphatic carbocycles. The zero-order valence-corrected chi connectivity index (χ0v) is 20.1. The average molecular weight is 488 g/mol. The van der Waals surface area contributed by atoms with E-state index in [4.69, 9.17) is 16.0 Å². The van der Waals surface area contributed by atoms with Gasteiger partial charge >= 0.3 is 0 Å². The van der Waals surface area contributed by atoms with Crippen LogP contribution in [-0.2, 0) is 5.75 Å². The minimum Gasteiger partial charge on any atom is -0.461 e. The Kier molecular flexibility index (Phi) is 7.29. The van der Waals surface area contributed by atoms with E-state index in [1.54, 1.807) is 11.6 Å². The summed E-state index contributed by atoms with van der Waals surface area (Å²) in [5.74, 6) is 1.63. The Morgan fingerprint density at radius 1 is 1.31 bits per heavy atom. The summed E-state index contributed by atoms with van der Waals surface area (Å²) >= 11 is 9.24. The molecule has 7 nitrogen and oxygen atoms in total. The third kappa shape index (κ3) is 5.06. The van der Waals surface area contributed by atoms with Gasteiger partial charge in [-0.2, -0.15) is 0 Å². The first-order valence-electron chi connectivity index (χ1n) is 10.2. The summed E-state index contributed by atoms with van der Waals surface area (Å²) in [5.41, 5.74) is 2.36. The maximum atomic E-state index is 12.2. The van der Waals surface area contributed by atoms with Crippen molar-refractivity contribution in [1.82, 2.24) is 25.1 Å². The second-order valence-electron chi connectivity index (χ2n) is 7.07. The first-order valence-corrected chi connectivity index (χ1v) is 12.4. The highest BCUT2D eigenvalue weighted by molar-refractivity contribution is 7.98. The van der Waals surface area contributed by atoms with Crippen LogP contribution in [0.15, 0.2) is 51.5 Å². The van der Waals surface area contributed by atoms with Gasteiger partial charge in [-0.15, -0.1) is 21.5 Å². The molecule has 4 aromatic rings. The molecule has 0 aliphatic heterocycles. The highest BCUT2D eigenvalue weighted by Gasteiger charge is 2.20. The molecular formula is C22H22ClN5O2S2. The summed E-state index contributed by atoms with van der Waals surface area (Å²) < 4.78 is 7.52. The molecular weight excluding hydrogens is 466 g/mol. The smallest absolute Gasteiger partial charge is 0.270 e. The van der Waals surface area contributed by atoms with E-state index in [1.165, 1.54) is 23.1 Å². The van der Waals surface area contributed by atoms with Crippen molar-refractivity contribution in [2.45, 2.75) is 37.6 Å². The molecule has 0 aliphatic rings. The van der Waals surface area contributed by atoms with Gasteiger partial charge in [-0.3, -0.25) is 9.36 Å². The molecule has 0 saturated carbocycles. The number of rotatable bonds is 9. The number of furan rings is 1. The van der Waals surface area contributed by atoms with Crippen LogP contribution >= 0.6 is 34.7 Å². The molecule has 1 amide bonds. The number of nitrogens with zero attached hydrogens (tertiary/aromatic N) is 4. The first kappa shape index (κ1) is 22.6. The van der Waals surface area contributed by atoms with Gasteiger partial charge in [0.15, 0.2) is 10.9 Å². The summed E-state index contributed by atoms with van der Waals surface area (Å²) in [4.78, 5) is 16.7. The predicted octanol–water partition coefficient (Wildman–Crippen LogP) is 5.77. The van der Waals surface area contributed by atoms with Crippen molar-refractivity contribution in [2.24, 2.45) is 0 Å². The second-order valence-corrected chi connectivity index (χ2v) is 9.40. The minimum absolute atomic E-state index is 0.135. The molecule has 3 aromatic heterocycles. The standard InChI is InChI=1S/C22H22ClN5O2S2/c1-3-4-9-24-21(29)16-12-31-19(25-16)13-32-22-27-26-20(18-6-5-10-30-18)28(22)17-11-15(23)8-7-14(17)2/h5-8,10-12H,3-4,9,13H2,1-2H3,(H,24,29). The van der Waals surface area contributed by atoms with Gasteiger partial charge in [-0.25, -0.2) is 4.98 Å². The number of nitrogens with one attached hydrogen (secondary N) is 1. The molecule has 0 spiro atoms. The molecule has 0 unspecified atom stereocenters. The molecule has 1 N–H and O–H groups in total. The van der Waals surface area contributed by atoms with E-state index in [2.05, 4.69) is 27.4 Å². The van der Waals surface area contributed by atoms with Gasteiger partial charge < -0.3 is 9.73 Å². The lowest BCUT2D eigenvalue weighted by Gasteiger charge is -2.12. The van der Waals surface area contributed by atoms with Crippen LogP contribution in [0.4, 0.5) is 0 Å². The molecule has 10 heteroatoms. The molecule has 3 heterocycles. The van der Waals surface area contributed by atoms with Crippen molar-refractivity contribution in [2.75, 3.05) is 6.54 Å². The average Bonchev–Trinajstić information content (AvgIpc) is 3.54.